The monoisotopic (exact) mass is 355 g/mol. The van der Waals surface area contributed by atoms with Crippen LogP contribution in [0.25, 0.3) is 0 Å². The van der Waals surface area contributed by atoms with Crippen LogP contribution in [0.4, 0.5) is 0 Å². The number of aliphatic hydroxyl groups is 1. The average molecular weight is 355 g/mol. The van der Waals surface area contributed by atoms with E-state index in [0.29, 0.717) is 12.2 Å². The Kier molecular flexibility index (Phi) is 3.37. The summed E-state index contributed by atoms with van der Waals surface area (Å²) in [7, 11) is 0. The van der Waals surface area contributed by atoms with Crippen LogP contribution in [0.15, 0.2) is 24.3 Å². The van der Waals surface area contributed by atoms with E-state index in [1.54, 1.807) is 6.07 Å². The molecule has 2 fully saturated rings. The molecule has 1 aromatic rings. The number of ether oxygens (including phenoxy) is 1. The van der Waals surface area contributed by atoms with E-state index in [9.17, 15) is 10.2 Å². The zero-order valence-corrected chi connectivity index (χ0v) is 15.8. The second-order valence-electron chi connectivity index (χ2n) is 8.98. The first kappa shape index (κ1) is 16.6. The van der Waals surface area contributed by atoms with Crippen molar-refractivity contribution in [2.45, 2.75) is 69.1 Å². The van der Waals surface area contributed by atoms with Crippen LogP contribution in [0.2, 0.25) is 0 Å². The molecule has 4 nitrogen and oxygen atoms in total. The molecule has 2 saturated carbocycles. The van der Waals surface area contributed by atoms with Crippen molar-refractivity contribution in [1.82, 2.24) is 4.90 Å². The molecule has 3 aliphatic carbocycles. The van der Waals surface area contributed by atoms with E-state index < -0.39 is 11.0 Å². The van der Waals surface area contributed by atoms with E-state index in [-0.39, 0.29) is 17.9 Å². The molecule has 0 bridgehead atoms. The topological polar surface area (TPSA) is 52.9 Å². The van der Waals surface area contributed by atoms with Crippen molar-refractivity contribution in [3.8, 4) is 11.5 Å². The molecule has 1 aromatic carbocycles. The van der Waals surface area contributed by atoms with Crippen molar-refractivity contribution in [3.63, 3.8) is 0 Å². The maximum Gasteiger partial charge on any atom is 0.166 e. The first-order valence-electron chi connectivity index (χ1n) is 10.1. The molecule has 0 radical (unpaired) electrons. The lowest BCUT2D eigenvalue weighted by Gasteiger charge is -2.58. The lowest BCUT2D eigenvalue weighted by atomic mass is 9.52. The van der Waals surface area contributed by atoms with Gasteiger partial charge in [-0.25, -0.2) is 0 Å². The van der Waals surface area contributed by atoms with Gasteiger partial charge in [-0.2, -0.15) is 0 Å². The molecule has 0 aromatic heterocycles. The van der Waals surface area contributed by atoms with Crippen LogP contribution in [0.3, 0.4) is 0 Å². The summed E-state index contributed by atoms with van der Waals surface area (Å²) in [6, 6.07) is 3.86. The van der Waals surface area contributed by atoms with Crippen LogP contribution in [0.5, 0.6) is 11.5 Å². The Hall–Kier alpha value is -1.52. The van der Waals surface area contributed by atoms with Crippen LogP contribution < -0.4 is 4.74 Å². The average Bonchev–Trinajstić information content (AvgIpc) is 3.37. The van der Waals surface area contributed by atoms with Gasteiger partial charge in [-0.1, -0.05) is 19.6 Å². The van der Waals surface area contributed by atoms with Gasteiger partial charge in [-0.3, -0.25) is 4.90 Å². The van der Waals surface area contributed by atoms with Crippen molar-refractivity contribution >= 4 is 0 Å². The summed E-state index contributed by atoms with van der Waals surface area (Å²) in [5, 5.41) is 22.6. The predicted octanol–water partition coefficient (Wildman–Crippen LogP) is 3.15. The van der Waals surface area contributed by atoms with Gasteiger partial charge in [0, 0.05) is 18.2 Å². The molecule has 1 aliphatic heterocycles. The summed E-state index contributed by atoms with van der Waals surface area (Å²) in [5.41, 5.74) is 1.84. The molecule has 140 valence electrons. The SMILES string of the molecule is C=C1CCC2(O)C(N(CC)CC3CC3)Cc3ccc(O)c4c3C2(C)C1O4. The van der Waals surface area contributed by atoms with Crippen molar-refractivity contribution in [2.75, 3.05) is 13.1 Å². The lowest BCUT2D eigenvalue weighted by Crippen LogP contribution is -2.70. The van der Waals surface area contributed by atoms with Gasteiger partial charge < -0.3 is 14.9 Å². The minimum atomic E-state index is -0.865. The lowest BCUT2D eigenvalue weighted by molar-refractivity contribution is -0.138. The summed E-state index contributed by atoms with van der Waals surface area (Å²) in [4.78, 5) is 2.50. The van der Waals surface area contributed by atoms with Crippen molar-refractivity contribution in [3.05, 3.63) is 35.4 Å². The molecule has 0 saturated heterocycles. The highest BCUT2D eigenvalue weighted by Crippen LogP contribution is 2.63. The normalized spacial score (nSPS) is 37.6. The minimum absolute atomic E-state index is 0.0836. The summed E-state index contributed by atoms with van der Waals surface area (Å²) >= 11 is 0. The largest absolute Gasteiger partial charge is 0.504 e. The first-order chi connectivity index (χ1) is 12.4. The molecule has 0 amide bonds. The standard InChI is InChI=1S/C22H29NO3/c1-4-23(12-14-5-6-14)17-11-15-7-8-16(24)19-18(15)21(3)20(26-19)13(2)9-10-22(17,21)25/h7-8,14,17,20,24-25H,2,4-6,9-12H2,1,3H3. The fraction of sp³-hybridized carbons (Fsp3) is 0.636. The van der Waals surface area contributed by atoms with Crippen LogP contribution in [-0.2, 0) is 11.8 Å². The smallest absolute Gasteiger partial charge is 0.166 e. The number of phenolic OH excluding ortho intramolecular Hbond substituents is 1. The number of rotatable bonds is 4. The van der Waals surface area contributed by atoms with Gasteiger partial charge in [-0.15, -0.1) is 0 Å². The summed E-state index contributed by atoms with van der Waals surface area (Å²) < 4.78 is 6.24. The number of hydrogen-bond donors (Lipinski definition) is 2. The van der Waals surface area contributed by atoms with Crippen molar-refractivity contribution in [1.29, 1.82) is 0 Å². The number of benzene rings is 1. The van der Waals surface area contributed by atoms with Crippen LogP contribution in [0.1, 0.15) is 50.7 Å². The second kappa shape index (κ2) is 5.26. The van der Waals surface area contributed by atoms with E-state index in [4.69, 9.17) is 4.74 Å². The zero-order chi connectivity index (χ0) is 18.3. The molecule has 4 unspecified atom stereocenters. The Balaban J connectivity index is 1.68. The number of likely N-dealkylation sites (N-methyl/N-ethyl adjacent to an activating group) is 1. The van der Waals surface area contributed by atoms with Gasteiger partial charge in [-0.05, 0) is 68.7 Å². The molecule has 1 heterocycles. The Labute approximate surface area is 155 Å². The highest BCUT2D eigenvalue weighted by Gasteiger charge is 2.68. The highest BCUT2D eigenvalue weighted by molar-refractivity contribution is 5.62. The molecule has 4 aliphatic rings. The first-order valence-corrected chi connectivity index (χ1v) is 10.1. The Morgan fingerprint density at radius 2 is 2.12 bits per heavy atom. The Morgan fingerprint density at radius 3 is 2.81 bits per heavy atom. The maximum atomic E-state index is 12.2. The molecule has 0 spiro atoms. The van der Waals surface area contributed by atoms with Crippen molar-refractivity contribution < 1.29 is 14.9 Å². The minimum Gasteiger partial charge on any atom is -0.504 e. The zero-order valence-electron chi connectivity index (χ0n) is 15.8. The third-order valence-corrected chi connectivity index (χ3v) is 7.60. The quantitative estimate of drug-likeness (QED) is 0.815. The van der Waals surface area contributed by atoms with E-state index >= 15 is 0 Å². The number of aromatic hydroxyl groups is 1. The molecular weight excluding hydrogens is 326 g/mol. The molecule has 26 heavy (non-hydrogen) atoms. The summed E-state index contributed by atoms with van der Waals surface area (Å²) in [6.07, 6.45) is 4.68. The maximum absolute atomic E-state index is 12.2. The van der Waals surface area contributed by atoms with Gasteiger partial charge in [0.1, 0.15) is 6.10 Å². The third kappa shape index (κ3) is 1.92. The molecule has 2 N–H and O–H groups in total. The molecule has 5 rings (SSSR count). The van der Waals surface area contributed by atoms with E-state index in [1.165, 1.54) is 18.4 Å². The number of nitrogens with zero attached hydrogens (tertiary/aromatic N) is 1. The van der Waals surface area contributed by atoms with Crippen molar-refractivity contribution in [2.24, 2.45) is 5.92 Å². The van der Waals surface area contributed by atoms with Crippen LogP contribution in [0, 0.1) is 5.92 Å². The van der Waals surface area contributed by atoms with Gasteiger partial charge in [0.05, 0.1) is 11.0 Å². The molecule has 4 heteroatoms. The highest BCUT2D eigenvalue weighted by atomic mass is 16.5. The molecular formula is C22H29NO3. The Morgan fingerprint density at radius 1 is 1.35 bits per heavy atom. The fourth-order valence-electron chi connectivity index (χ4n) is 5.94. The number of phenols is 1. The van der Waals surface area contributed by atoms with Crippen LogP contribution >= 0.6 is 0 Å². The summed E-state index contributed by atoms with van der Waals surface area (Å²) in [6.45, 7) is 10.6. The fourth-order valence-corrected chi connectivity index (χ4v) is 5.94. The van der Waals surface area contributed by atoms with Gasteiger partial charge >= 0.3 is 0 Å². The van der Waals surface area contributed by atoms with E-state index in [0.717, 1.165) is 43.0 Å². The van der Waals surface area contributed by atoms with Gasteiger partial charge in [0.2, 0.25) is 0 Å². The van der Waals surface area contributed by atoms with Crippen LogP contribution in [-0.4, -0.2) is 45.9 Å². The molecule has 4 atom stereocenters. The number of hydrogen-bond acceptors (Lipinski definition) is 4. The second-order valence-corrected chi connectivity index (χ2v) is 8.98. The predicted molar refractivity (Wildman–Crippen MR) is 101 cm³/mol. The van der Waals surface area contributed by atoms with Gasteiger partial charge in [0.25, 0.3) is 0 Å². The third-order valence-electron chi connectivity index (χ3n) is 7.60. The van der Waals surface area contributed by atoms with E-state index in [2.05, 4.69) is 25.3 Å². The van der Waals surface area contributed by atoms with E-state index in [1.807, 2.05) is 6.07 Å². The Bertz CT molecular complexity index is 786. The summed E-state index contributed by atoms with van der Waals surface area (Å²) in [5.74, 6) is 1.54. The van der Waals surface area contributed by atoms with Gasteiger partial charge in [0.15, 0.2) is 11.5 Å².